The van der Waals surface area contributed by atoms with E-state index in [1.54, 1.807) is 17.7 Å². The number of nitrogens with zero attached hydrogens (tertiary/aromatic N) is 3. The molecule has 0 radical (unpaired) electrons. The molecule has 0 aromatic carbocycles. The number of aromatic nitrogens is 2. The molecule has 22 heavy (non-hydrogen) atoms. The Bertz CT molecular complexity index is 470. The van der Waals surface area contributed by atoms with Crippen LogP contribution >= 0.6 is 0 Å². The first-order valence-electron chi connectivity index (χ1n) is 7.70. The van der Waals surface area contributed by atoms with Gasteiger partial charge in [0.25, 0.3) is 0 Å². The molecule has 7 heteroatoms. The standard InChI is InChI=1S/C15H29N5O2/c1-6-12(2)15(3,22)11-16-14(21)17-13-7-8-20(18-13)10-9-19(4)5/h7-8,12,22H,6,9-11H2,1-5H3,(H2,16,17,18,21). The molecule has 2 atom stereocenters. The van der Waals surface area contributed by atoms with Crippen LogP contribution in [-0.2, 0) is 6.54 Å². The number of carbonyl (C=O) groups is 1. The van der Waals surface area contributed by atoms with Gasteiger partial charge in [-0.2, -0.15) is 5.10 Å². The van der Waals surface area contributed by atoms with Crippen LogP contribution in [-0.4, -0.2) is 58.6 Å². The van der Waals surface area contributed by atoms with Gasteiger partial charge >= 0.3 is 6.03 Å². The van der Waals surface area contributed by atoms with Crippen molar-refractivity contribution < 1.29 is 9.90 Å². The van der Waals surface area contributed by atoms with Crippen molar-refractivity contribution in [2.75, 3.05) is 32.5 Å². The van der Waals surface area contributed by atoms with Crippen LogP contribution in [0.2, 0.25) is 0 Å². The minimum Gasteiger partial charge on any atom is -0.388 e. The fourth-order valence-electron chi connectivity index (χ4n) is 1.89. The zero-order valence-electron chi connectivity index (χ0n) is 14.3. The number of likely N-dealkylation sites (N-methyl/N-ethyl adjacent to an activating group) is 1. The molecule has 1 aromatic heterocycles. The highest BCUT2D eigenvalue weighted by Crippen LogP contribution is 2.18. The number of hydrogen-bond acceptors (Lipinski definition) is 4. The largest absolute Gasteiger partial charge is 0.388 e. The topological polar surface area (TPSA) is 82.4 Å². The van der Waals surface area contributed by atoms with Gasteiger partial charge in [-0.1, -0.05) is 20.3 Å². The van der Waals surface area contributed by atoms with Crippen molar-refractivity contribution in [3.05, 3.63) is 12.3 Å². The van der Waals surface area contributed by atoms with Crippen molar-refractivity contribution in [3.8, 4) is 0 Å². The lowest BCUT2D eigenvalue weighted by Gasteiger charge is -2.29. The Hall–Kier alpha value is -1.60. The van der Waals surface area contributed by atoms with Gasteiger partial charge in [-0.05, 0) is 26.9 Å². The highest BCUT2D eigenvalue weighted by molar-refractivity contribution is 5.88. The highest BCUT2D eigenvalue weighted by atomic mass is 16.3. The zero-order chi connectivity index (χ0) is 16.8. The number of anilines is 1. The molecular weight excluding hydrogens is 282 g/mol. The van der Waals surface area contributed by atoms with Crippen LogP contribution in [0.15, 0.2) is 12.3 Å². The Morgan fingerprint density at radius 3 is 2.82 bits per heavy atom. The third kappa shape index (κ3) is 6.03. The normalized spacial score (nSPS) is 15.4. The highest BCUT2D eigenvalue weighted by Gasteiger charge is 2.27. The molecule has 2 unspecified atom stereocenters. The number of rotatable bonds is 8. The van der Waals surface area contributed by atoms with E-state index in [9.17, 15) is 9.90 Å². The van der Waals surface area contributed by atoms with Gasteiger partial charge in [0, 0.05) is 25.4 Å². The fraction of sp³-hybridized carbons (Fsp3) is 0.733. The third-order valence-electron chi connectivity index (χ3n) is 3.94. The maximum Gasteiger partial charge on any atom is 0.320 e. The van der Waals surface area contributed by atoms with Crippen molar-refractivity contribution in [2.24, 2.45) is 5.92 Å². The van der Waals surface area contributed by atoms with Crippen molar-refractivity contribution in [3.63, 3.8) is 0 Å². The first-order valence-corrected chi connectivity index (χ1v) is 7.70. The van der Waals surface area contributed by atoms with Crippen LogP contribution in [0.4, 0.5) is 10.6 Å². The average Bonchev–Trinajstić information content (AvgIpc) is 2.89. The van der Waals surface area contributed by atoms with E-state index in [0.717, 1.165) is 19.5 Å². The van der Waals surface area contributed by atoms with Gasteiger partial charge in [0.15, 0.2) is 5.82 Å². The quantitative estimate of drug-likeness (QED) is 0.677. The second-order valence-corrected chi connectivity index (χ2v) is 6.24. The molecule has 2 amide bonds. The summed E-state index contributed by atoms with van der Waals surface area (Å²) in [5, 5.41) is 19.9. The number of amides is 2. The fourth-order valence-corrected chi connectivity index (χ4v) is 1.89. The first kappa shape index (κ1) is 18.4. The van der Waals surface area contributed by atoms with Gasteiger partial charge in [-0.25, -0.2) is 4.79 Å². The molecule has 7 nitrogen and oxygen atoms in total. The summed E-state index contributed by atoms with van der Waals surface area (Å²) in [5.74, 6) is 0.609. The molecule has 0 bridgehead atoms. The lowest BCUT2D eigenvalue weighted by Crippen LogP contribution is -2.46. The third-order valence-corrected chi connectivity index (χ3v) is 3.94. The number of nitrogens with one attached hydrogen (secondary N) is 2. The number of hydrogen-bond donors (Lipinski definition) is 3. The van der Waals surface area contributed by atoms with E-state index in [0.29, 0.717) is 5.82 Å². The van der Waals surface area contributed by atoms with Crippen LogP contribution in [0.5, 0.6) is 0 Å². The Morgan fingerprint density at radius 2 is 2.23 bits per heavy atom. The van der Waals surface area contributed by atoms with Crippen LogP contribution in [0.25, 0.3) is 0 Å². The van der Waals surface area contributed by atoms with E-state index < -0.39 is 5.60 Å². The summed E-state index contributed by atoms with van der Waals surface area (Å²) in [5.41, 5.74) is -0.919. The van der Waals surface area contributed by atoms with E-state index >= 15 is 0 Å². The minimum absolute atomic E-state index is 0.109. The smallest absolute Gasteiger partial charge is 0.320 e. The summed E-state index contributed by atoms with van der Waals surface area (Å²) >= 11 is 0. The van der Waals surface area contributed by atoms with E-state index in [-0.39, 0.29) is 18.5 Å². The number of carbonyl (C=O) groups excluding carboxylic acids is 1. The van der Waals surface area contributed by atoms with Crippen LogP contribution < -0.4 is 10.6 Å². The summed E-state index contributed by atoms with van der Waals surface area (Å²) in [4.78, 5) is 13.9. The van der Waals surface area contributed by atoms with E-state index in [1.165, 1.54) is 0 Å². The molecule has 0 spiro atoms. The summed E-state index contributed by atoms with van der Waals surface area (Å²) < 4.78 is 1.78. The Labute approximate surface area is 132 Å². The van der Waals surface area contributed by atoms with Crippen LogP contribution in [0.3, 0.4) is 0 Å². The molecule has 0 aliphatic rings. The van der Waals surface area contributed by atoms with Crippen molar-refractivity contribution in [1.82, 2.24) is 20.0 Å². The lowest BCUT2D eigenvalue weighted by atomic mass is 9.89. The predicted molar refractivity (Wildman–Crippen MR) is 87.9 cm³/mol. The molecule has 1 aromatic rings. The zero-order valence-corrected chi connectivity index (χ0v) is 14.3. The average molecular weight is 311 g/mol. The van der Waals surface area contributed by atoms with Crippen molar-refractivity contribution in [1.29, 1.82) is 0 Å². The molecular formula is C15H29N5O2. The van der Waals surface area contributed by atoms with E-state index in [4.69, 9.17) is 0 Å². The second kappa shape index (κ2) is 8.14. The maximum atomic E-state index is 11.9. The van der Waals surface area contributed by atoms with Crippen LogP contribution in [0, 0.1) is 5.92 Å². The second-order valence-electron chi connectivity index (χ2n) is 6.24. The van der Waals surface area contributed by atoms with Gasteiger partial charge < -0.3 is 15.3 Å². The molecule has 0 aliphatic carbocycles. The van der Waals surface area contributed by atoms with Crippen LogP contribution in [0.1, 0.15) is 27.2 Å². The Morgan fingerprint density at radius 1 is 1.55 bits per heavy atom. The van der Waals surface area contributed by atoms with Gasteiger partial charge in [0.05, 0.1) is 12.1 Å². The molecule has 0 fully saturated rings. The summed E-state index contributed by atoms with van der Waals surface area (Å²) in [6.45, 7) is 7.56. The SMILES string of the molecule is CCC(C)C(C)(O)CNC(=O)Nc1ccn(CCN(C)C)n1. The molecule has 1 heterocycles. The minimum atomic E-state index is -0.919. The van der Waals surface area contributed by atoms with E-state index in [2.05, 4.69) is 20.6 Å². The van der Waals surface area contributed by atoms with Gasteiger partial charge in [0.1, 0.15) is 0 Å². The number of aliphatic hydroxyl groups is 1. The summed E-state index contributed by atoms with van der Waals surface area (Å²) in [6.07, 6.45) is 2.68. The van der Waals surface area contributed by atoms with E-state index in [1.807, 2.05) is 34.1 Å². The monoisotopic (exact) mass is 311 g/mol. The summed E-state index contributed by atoms with van der Waals surface area (Å²) in [6, 6.07) is 1.39. The Kier molecular flexibility index (Phi) is 6.83. The molecule has 3 N–H and O–H groups in total. The van der Waals surface area contributed by atoms with Gasteiger partial charge in [0.2, 0.25) is 0 Å². The van der Waals surface area contributed by atoms with Gasteiger partial charge in [-0.15, -0.1) is 0 Å². The molecule has 0 aliphatic heterocycles. The Balaban J connectivity index is 2.42. The predicted octanol–water partition coefficient (Wildman–Crippen LogP) is 1.36. The summed E-state index contributed by atoms with van der Waals surface area (Å²) in [7, 11) is 4.00. The molecule has 0 saturated carbocycles. The van der Waals surface area contributed by atoms with Gasteiger partial charge in [-0.3, -0.25) is 10.00 Å². The maximum absolute atomic E-state index is 11.9. The molecule has 0 saturated heterocycles. The molecule has 126 valence electrons. The first-order chi connectivity index (χ1) is 10.2. The van der Waals surface area contributed by atoms with Crippen molar-refractivity contribution in [2.45, 2.75) is 39.3 Å². The lowest BCUT2D eigenvalue weighted by molar-refractivity contribution is 0.00826. The van der Waals surface area contributed by atoms with Crippen molar-refractivity contribution >= 4 is 11.8 Å². The molecule has 1 rings (SSSR count). The number of urea groups is 1.